The molecule has 1 unspecified atom stereocenters. The summed E-state index contributed by atoms with van der Waals surface area (Å²) in [6.07, 6.45) is 6.15. The van der Waals surface area contributed by atoms with Crippen molar-refractivity contribution in [3.8, 4) is 11.6 Å². The molecule has 2 N–H and O–H groups in total. The second-order valence-corrected chi connectivity index (χ2v) is 23.0. The monoisotopic (exact) mass is 817 g/mol. The number of aliphatic hydroxyl groups is 1. The second-order valence-electron chi connectivity index (χ2n) is 17.9. The second kappa shape index (κ2) is 16.3. The molecule has 5 atom stereocenters. The Morgan fingerprint density at radius 1 is 1.05 bits per heavy atom. The lowest BCUT2D eigenvalue weighted by atomic mass is 9.57. The molecule has 3 aliphatic carbocycles. The maximum atomic E-state index is 15.7. The number of nitrogens with zero attached hydrogens (tertiary/aromatic N) is 2. The van der Waals surface area contributed by atoms with E-state index in [0.29, 0.717) is 48.2 Å². The van der Waals surface area contributed by atoms with Gasteiger partial charge in [0.1, 0.15) is 17.1 Å². The number of unbranched alkanes of at least 4 members (excludes halogenated alkanes) is 2. The number of ketones is 2. The summed E-state index contributed by atoms with van der Waals surface area (Å²) in [5.74, 6) is -1.39. The number of hydrogen-bond donors (Lipinski definition) is 2. The van der Waals surface area contributed by atoms with Crippen LogP contribution in [0.1, 0.15) is 130 Å². The summed E-state index contributed by atoms with van der Waals surface area (Å²) in [5, 5.41) is 20.5. The van der Waals surface area contributed by atoms with Gasteiger partial charge in [-0.15, -0.1) is 0 Å². The molecule has 1 saturated carbocycles. The molecule has 0 amide bonds. The van der Waals surface area contributed by atoms with Crippen LogP contribution in [0, 0.1) is 11.8 Å². The van der Waals surface area contributed by atoms with Crippen LogP contribution in [0.15, 0.2) is 46.5 Å². The molecule has 2 aromatic carbocycles. The van der Waals surface area contributed by atoms with Crippen molar-refractivity contribution in [2.45, 2.75) is 128 Å². The Balaban J connectivity index is 1.39. The maximum absolute atomic E-state index is 15.7. The van der Waals surface area contributed by atoms with Gasteiger partial charge < -0.3 is 28.8 Å². The lowest BCUT2D eigenvalue weighted by Crippen LogP contribution is -2.68. The first-order chi connectivity index (χ1) is 27.2. The number of fused-ring (bicyclic) bond motifs is 4. The van der Waals surface area contributed by atoms with E-state index in [1.807, 2.05) is 12.1 Å². The van der Waals surface area contributed by atoms with Crippen molar-refractivity contribution >= 4 is 37.2 Å². The highest BCUT2D eigenvalue weighted by Crippen LogP contribution is 2.59. The minimum absolute atomic E-state index is 0.0610. The minimum Gasteiger partial charge on any atom is -0.507 e. The number of likely N-dealkylation sites (tertiary alicyclic amines) is 1. The van der Waals surface area contributed by atoms with E-state index in [2.05, 4.69) is 87.4 Å². The molecule has 1 saturated heterocycles. The van der Waals surface area contributed by atoms with E-state index in [0.717, 1.165) is 62.7 Å². The molecule has 4 aliphatic rings. The van der Waals surface area contributed by atoms with Gasteiger partial charge in [0, 0.05) is 29.1 Å². The van der Waals surface area contributed by atoms with Crippen LogP contribution in [0.2, 0.25) is 23.2 Å². The lowest BCUT2D eigenvalue weighted by molar-refractivity contribution is -0.138. The molecule has 0 spiro atoms. The number of halogens is 1. The number of Topliss-reactive ketones (excluding diaryl/α,β-unsaturated/α-hetero) is 2. The third-order valence-electron chi connectivity index (χ3n) is 13.3. The van der Waals surface area contributed by atoms with Crippen LogP contribution >= 0.6 is 11.6 Å². The Morgan fingerprint density at radius 3 is 2.42 bits per heavy atom. The molecule has 57 heavy (non-hydrogen) atoms. The normalized spacial score (nSPS) is 24.9. The first kappa shape index (κ1) is 41.7. The van der Waals surface area contributed by atoms with Crippen LogP contribution in [-0.2, 0) is 22.2 Å². The van der Waals surface area contributed by atoms with Gasteiger partial charge in [-0.3, -0.25) is 14.5 Å². The summed E-state index contributed by atoms with van der Waals surface area (Å²) in [7, 11) is -1.05. The quantitative estimate of drug-likeness (QED) is 0.0923. The molecule has 3 aromatic rings. The van der Waals surface area contributed by atoms with Crippen LogP contribution in [0.3, 0.4) is 0 Å². The number of aromatic nitrogens is 1. The van der Waals surface area contributed by atoms with E-state index in [4.69, 9.17) is 30.0 Å². The fraction of sp³-hybridized carbons (Fsp3) is 0.578. The molecule has 2 fully saturated rings. The number of carbonyl (C=O) groups excluding carboxylic acids is 2. The zero-order valence-corrected chi connectivity index (χ0v) is 36.7. The van der Waals surface area contributed by atoms with Crippen molar-refractivity contribution in [1.29, 1.82) is 0 Å². The smallest absolute Gasteiger partial charge is 0.265 e. The molecule has 0 radical (unpaired) electrons. The zero-order valence-electron chi connectivity index (χ0n) is 34.9. The summed E-state index contributed by atoms with van der Waals surface area (Å²) >= 11 is 7.52. The molecular weight excluding hydrogens is 758 g/mol. The number of aliphatic hydroxyl groups excluding tert-OH is 1. The molecule has 0 bridgehead atoms. The van der Waals surface area contributed by atoms with Gasteiger partial charge in [-0.1, -0.05) is 89.4 Å². The standard InChI is InChI=1S/C45H60ClN3O7Si/c1-9-11-21-53-33-25-29(32-19-16-20-49(32)26-27-17-14-13-15-18-27)37(46)30-23-28-24-31-38(47-6)40-36(43(48-55-40)54-22-12-10-2)42(52)45(31,56-57(7,8)44(3,4)5)41(51)34(28)39(50)35(30)33/h13-15,17-18,25,28,31-32,38,47,50H,9-12,16,19-24,26H2,1-8H3/t28-,31-,32?,38-,45-/m0/s1. The van der Waals surface area contributed by atoms with Crippen molar-refractivity contribution in [3.63, 3.8) is 0 Å². The predicted molar refractivity (Wildman–Crippen MR) is 225 cm³/mol. The van der Waals surface area contributed by atoms with Gasteiger partial charge in [0.15, 0.2) is 19.7 Å². The van der Waals surface area contributed by atoms with Crippen molar-refractivity contribution in [2.24, 2.45) is 11.8 Å². The van der Waals surface area contributed by atoms with Gasteiger partial charge in [0.2, 0.25) is 11.6 Å². The van der Waals surface area contributed by atoms with E-state index in [-0.39, 0.29) is 33.9 Å². The van der Waals surface area contributed by atoms with Crippen molar-refractivity contribution in [3.05, 3.63) is 80.6 Å². The van der Waals surface area contributed by atoms with Crippen LogP contribution in [0.25, 0.3) is 5.76 Å². The Hall–Kier alpha value is -3.48. The van der Waals surface area contributed by atoms with Crippen LogP contribution in [-0.4, -0.2) is 67.5 Å². The topological polar surface area (TPSA) is 123 Å². The maximum Gasteiger partial charge on any atom is 0.265 e. The number of carbonyl (C=O) groups is 2. The molecular formula is C45H60ClN3O7Si. The Morgan fingerprint density at radius 2 is 1.75 bits per heavy atom. The highest BCUT2D eigenvalue weighted by molar-refractivity contribution is 6.74. The highest BCUT2D eigenvalue weighted by Gasteiger charge is 2.68. The van der Waals surface area contributed by atoms with Crippen molar-refractivity contribution in [2.75, 3.05) is 26.8 Å². The summed E-state index contributed by atoms with van der Waals surface area (Å²) in [6, 6.07) is 11.9. The SMILES string of the molecule is CCCCOc1cc(C2CCCN2Cc2ccccc2)c(Cl)c2c1C(O)=C1C(=O)[C@]3(O[Si](C)(C)C(C)(C)C)C(=O)c4c(OCCCC)noc4[C@@H](NC)[C@@H]3C[C@@H]1C2. The van der Waals surface area contributed by atoms with E-state index >= 15 is 9.59 Å². The van der Waals surface area contributed by atoms with Crippen molar-refractivity contribution in [1.82, 2.24) is 15.4 Å². The first-order valence-corrected chi connectivity index (χ1v) is 24.3. The van der Waals surface area contributed by atoms with E-state index < -0.39 is 43.4 Å². The van der Waals surface area contributed by atoms with Crippen LogP contribution in [0.4, 0.5) is 0 Å². The third-order valence-corrected chi connectivity index (χ3v) is 18.2. The van der Waals surface area contributed by atoms with Crippen molar-refractivity contribution < 1.29 is 33.1 Å². The fourth-order valence-electron chi connectivity index (χ4n) is 9.23. The van der Waals surface area contributed by atoms with E-state index in [9.17, 15) is 5.11 Å². The Labute approximate surface area is 343 Å². The number of hydrogen-bond acceptors (Lipinski definition) is 10. The summed E-state index contributed by atoms with van der Waals surface area (Å²) in [6.45, 7) is 17.1. The molecule has 12 heteroatoms. The molecule has 308 valence electrons. The number of benzene rings is 2. The van der Waals surface area contributed by atoms with Gasteiger partial charge in [-0.25, -0.2) is 0 Å². The van der Waals surface area contributed by atoms with Gasteiger partial charge in [-0.2, -0.15) is 0 Å². The first-order valence-electron chi connectivity index (χ1n) is 21.0. The van der Waals surface area contributed by atoms with Crippen LogP contribution < -0.4 is 14.8 Å². The largest absolute Gasteiger partial charge is 0.507 e. The summed E-state index contributed by atoms with van der Waals surface area (Å²) in [5.41, 5.74) is 1.82. The van der Waals surface area contributed by atoms with E-state index in [1.54, 1.807) is 7.05 Å². The van der Waals surface area contributed by atoms with Gasteiger partial charge >= 0.3 is 0 Å². The summed E-state index contributed by atoms with van der Waals surface area (Å²) in [4.78, 5) is 33.5. The molecule has 10 nitrogen and oxygen atoms in total. The number of ether oxygens (including phenoxy) is 2. The Bertz CT molecular complexity index is 2020. The number of rotatable bonds is 14. The molecule has 1 aliphatic heterocycles. The number of nitrogens with one attached hydrogen (secondary N) is 1. The minimum atomic E-state index is -2.85. The highest BCUT2D eigenvalue weighted by atomic mass is 35.5. The molecule has 1 aromatic heterocycles. The predicted octanol–water partition coefficient (Wildman–Crippen LogP) is 9.97. The van der Waals surface area contributed by atoms with Gasteiger partial charge in [0.25, 0.3) is 5.88 Å². The summed E-state index contributed by atoms with van der Waals surface area (Å²) < 4.78 is 25.7. The van der Waals surface area contributed by atoms with E-state index in [1.165, 1.54) is 5.56 Å². The average molecular weight is 819 g/mol. The molecule has 2 heterocycles. The van der Waals surface area contributed by atoms with Gasteiger partial charge in [0.05, 0.1) is 24.8 Å². The Kier molecular flexibility index (Phi) is 11.9. The fourth-order valence-corrected chi connectivity index (χ4v) is 11.0. The third kappa shape index (κ3) is 7.19. The van der Waals surface area contributed by atoms with Crippen LogP contribution in [0.5, 0.6) is 11.6 Å². The molecule has 7 rings (SSSR count). The zero-order chi connectivity index (χ0) is 40.9. The van der Waals surface area contributed by atoms with Gasteiger partial charge in [-0.05, 0) is 104 Å². The lowest BCUT2D eigenvalue weighted by Gasteiger charge is -2.54. The average Bonchev–Trinajstić information content (AvgIpc) is 3.81.